The van der Waals surface area contributed by atoms with Crippen molar-refractivity contribution < 1.29 is 0 Å². The van der Waals surface area contributed by atoms with E-state index in [9.17, 15) is 0 Å². The Kier molecular flexibility index (Phi) is 4.68. The first-order valence-electron chi connectivity index (χ1n) is 5.50. The number of benzene rings is 1. The minimum atomic E-state index is 0.191. The molecule has 0 bridgehead atoms. The van der Waals surface area contributed by atoms with Gasteiger partial charge in [0.1, 0.15) is 0 Å². The first-order valence-corrected chi connectivity index (χ1v) is 6.02. The van der Waals surface area contributed by atoms with Crippen LogP contribution in [0.3, 0.4) is 0 Å². The second-order valence-electron chi connectivity index (χ2n) is 4.31. The number of hydrogen-bond acceptors (Lipinski definition) is 2. The van der Waals surface area contributed by atoms with Gasteiger partial charge >= 0.3 is 0 Å². The Morgan fingerprint density at radius 3 is 2.00 bits per heavy atom. The highest BCUT2D eigenvalue weighted by molar-refractivity contribution is 7.80. The van der Waals surface area contributed by atoms with Crippen molar-refractivity contribution >= 4 is 12.6 Å². The van der Waals surface area contributed by atoms with Crippen molar-refractivity contribution in [2.24, 2.45) is 0 Å². The summed E-state index contributed by atoms with van der Waals surface area (Å²) in [6.45, 7) is 4.49. The van der Waals surface area contributed by atoms with Gasteiger partial charge in [0.05, 0.1) is 5.37 Å². The zero-order chi connectivity index (χ0) is 11.4. The third-order valence-electron chi connectivity index (χ3n) is 2.91. The zero-order valence-corrected chi connectivity index (χ0v) is 11.0. The van der Waals surface area contributed by atoms with Crippen LogP contribution in [-0.2, 0) is 0 Å². The van der Waals surface area contributed by atoms with Gasteiger partial charge in [-0.15, -0.1) is 0 Å². The molecule has 1 rings (SSSR count). The van der Waals surface area contributed by atoms with Crippen molar-refractivity contribution in [1.82, 2.24) is 4.90 Å². The highest BCUT2D eigenvalue weighted by Crippen LogP contribution is 2.25. The number of thiol groups is 1. The van der Waals surface area contributed by atoms with Crippen molar-refractivity contribution in [3.8, 4) is 0 Å². The maximum absolute atomic E-state index is 4.55. The van der Waals surface area contributed by atoms with Crippen LogP contribution < -0.4 is 0 Å². The normalized spacial score (nSPS) is 15.3. The van der Waals surface area contributed by atoms with Crippen LogP contribution in [0.15, 0.2) is 24.3 Å². The molecule has 0 heterocycles. The highest BCUT2D eigenvalue weighted by atomic mass is 32.1. The van der Waals surface area contributed by atoms with Crippen LogP contribution in [0.4, 0.5) is 0 Å². The molecular formula is C13H21NS. The molecule has 0 amide bonds. The van der Waals surface area contributed by atoms with Gasteiger partial charge in [0.25, 0.3) is 0 Å². The Morgan fingerprint density at radius 1 is 1.13 bits per heavy atom. The lowest BCUT2D eigenvalue weighted by Gasteiger charge is -2.20. The van der Waals surface area contributed by atoms with E-state index in [4.69, 9.17) is 0 Å². The molecule has 0 radical (unpaired) electrons. The van der Waals surface area contributed by atoms with Crippen LogP contribution >= 0.6 is 12.6 Å². The lowest BCUT2D eigenvalue weighted by Crippen LogP contribution is -2.14. The fourth-order valence-corrected chi connectivity index (χ4v) is 1.70. The third-order valence-corrected chi connectivity index (χ3v) is 3.67. The quantitative estimate of drug-likeness (QED) is 0.602. The van der Waals surface area contributed by atoms with Crippen LogP contribution in [0.25, 0.3) is 0 Å². The van der Waals surface area contributed by atoms with E-state index >= 15 is 0 Å². The number of rotatable bonds is 4. The molecule has 1 aromatic rings. The molecule has 1 nitrogen and oxygen atoms in total. The largest absolute Gasteiger partial charge is 0.294 e. The van der Waals surface area contributed by atoms with Crippen LogP contribution in [-0.4, -0.2) is 19.0 Å². The summed E-state index contributed by atoms with van der Waals surface area (Å²) in [6.07, 6.45) is 1.19. The van der Waals surface area contributed by atoms with Gasteiger partial charge in [0.15, 0.2) is 0 Å². The average Bonchev–Trinajstić information content (AvgIpc) is 2.27. The second-order valence-corrected chi connectivity index (χ2v) is 4.80. The lowest BCUT2D eigenvalue weighted by molar-refractivity contribution is 0.393. The maximum Gasteiger partial charge on any atom is 0.0779 e. The molecule has 84 valence electrons. The summed E-state index contributed by atoms with van der Waals surface area (Å²) in [5, 5.41) is 0.191. The highest BCUT2D eigenvalue weighted by Gasteiger charge is 2.09. The molecule has 15 heavy (non-hydrogen) atoms. The second kappa shape index (κ2) is 5.57. The zero-order valence-electron chi connectivity index (χ0n) is 10.1. The molecule has 1 aromatic carbocycles. The summed E-state index contributed by atoms with van der Waals surface area (Å²) in [6, 6.07) is 8.80. The fraction of sp³-hybridized carbons (Fsp3) is 0.538. The van der Waals surface area contributed by atoms with Gasteiger partial charge in [-0.2, -0.15) is 12.6 Å². The van der Waals surface area contributed by atoms with Crippen LogP contribution in [0.5, 0.6) is 0 Å². The molecule has 0 aliphatic carbocycles. The van der Waals surface area contributed by atoms with E-state index in [0.29, 0.717) is 5.92 Å². The summed E-state index contributed by atoms with van der Waals surface area (Å²) in [5.74, 6) is 0.650. The molecule has 0 saturated carbocycles. The summed E-state index contributed by atoms with van der Waals surface area (Å²) in [5.41, 5.74) is 2.68. The van der Waals surface area contributed by atoms with E-state index < -0.39 is 0 Å². The number of hydrogen-bond donors (Lipinski definition) is 1. The van der Waals surface area contributed by atoms with E-state index in [1.54, 1.807) is 0 Å². The Labute approximate surface area is 98.9 Å². The predicted molar refractivity (Wildman–Crippen MR) is 70.6 cm³/mol. The SMILES string of the molecule is CCC(C)c1ccc(C(S)N(C)C)cc1. The topological polar surface area (TPSA) is 3.24 Å². The van der Waals surface area contributed by atoms with Gasteiger partial charge in [-0.3, -0.25) is 4.90 Å². The third kappa shape index (κ3) is 3.25. The van der Waals surface area contributed by atoms with Gasteiger partial charge in [-0.1, -0.05) is 38.1 Å². The molecule has 0 aromatic heterocycles. The van der Waals surface area contributed by atoms with Crippen molar-refractivity contribution in [3.05, 3.63) is 35.4 Å². The molecule has 0 aliphatic rings. The van der Waals surface area contributed by atoms with Gasteiger partial charge < -0.3 is 0 Å². The lowest BCUT2D eigenvalue weighted by atomic mass is 9.97. The molecule has 0 N–H and O–H groups in total. The van der Waals surface area contributed by atoms with Gasteiger partial charge in [-0.05, 0) is 37.6 Å². The van der Waals surface area contributed by atoms with Crippen LogP contribution in [0.2, 0.25) is 0 Å². The molecule has 0 spiro atoms. The van der Waals surface area contributed by atoms with Crippen LogP contribution in [0.1, 0.15) is 42.7 Å². The molecule has 0 aliphatic heterocycles. The van der Waals surface area contributed by atoms with Crippen LogP contribution in [0, 0.1) is 0 Å². The fourth-order valence-electron chi connectivity index (χ4n) is 1.53. The Hall–Kier alpha value is -0.470. The summed E-state index contributed by atoms with van der Waals surface area (Å²) >= 11 is 4.55. The monoisotopic (exact) mass is 223 g/mol. The predicted octanol–water partition coefficient (Wildman–Crippen LogP) is 3.69. The molecular weight excluding hydrogens is 202 g/mol. The Balaban J connectivity index is 2.80. The molecule has 0 fully saturated rings. The molecule has 2 heteroatoms. The minimum Gasteiger partial charge on any atom is -0.294 e. The van der Waals surface area contributed by atoms with Gasteiger partial charge in [0.2, 0.25) is 0 Å². The number of nitrogens with zero attached hydrogens (tertiary/aromatic N) is 1. The molecule has 0 saturated heterocycles. The van der Waals surface area contributed by atoms with E-state index in [1.807, 2.05) is 14.1 Å². The Morgan fingerprint density at radius 2 is 1.60 bits per heavy atom. The van der Waals surface area contributed by atoms with E-state index in [2.05, 4.69) is 55.6 Å². The van der Waals surface area contributed by atoms with Crippen molar-refractivity contribution in [2.75, 3.05) is 14.1 Å². The maximum atomic E-state index is 4.55. The summed E-state index contributed by atoms with van der Waals surface area (Å²) < 4.78 is 0. The van der Waals surface area contributed by atoms with Crippen molar-refractivity contribution in [3.63, 3.8) is 0 Å². The minimum absolute atomic E-state index is 0.191. The standard InChI is InChI=1S/C13H21NS/c1-5-10(2)11-6-8-12(9-7-11)13(15)14(3)4/h6-10,13,15H,5H2,1-4H3. The smallest absolute Gasteiger partial charge is 0.0779 e. The van der Waals surface area contributed by atoms with E-state index in [-0.39, 0.29) is 5.37 Å². The molecule has 2 atom stereocenters. The van der Waals surface area contributed by atoms with Gasteiger partial charge in [-0.25, -0.2) is 0 Å². The molecule has 2 unspecified atom stereocenters. The van der Waals surface area contributed by atoms with Gasteiger partial charge in [0, 0.05) is 0 Å². The van der Waals surface area contributed by atoms with E-state index in [0.717, 1.165) is 0 Å². The Bertz CT molecular complexity index is 292. The summed E-state index contributed by atoms with van der Waals surface area (Å²) in [7, 11) is 4.08. The van der Waals surface area contributed by atoms with Crippen molar-refractivity contribution in [1.29, 1.82) is 0 Å². The van der Waals surface area contributed by atoms with E-state index in [1.165, 1.54) is 17.5 Å². The van der Waals surface area contributed by atoms with Crippen molar-refractivity contribution in [2.45, 2.75) is 31.6 Å². The summed E-state index contributed by atoms with van der Waals surface area (Å²) in [4.78, 5) is 2.10. The average molecular weight is 223 g/mol. The first-order chi connectivity index (χ1) is 7.06. The first kappa shape index (κ1) is 12.6.